The van der Waals surface area contributed by atoms with E-state index in [1.54, 1.807) is 13.3 Å². The molecule has 5 rings (SSSR count). The van der Waals surface area contributed by atoms with Crippen LogP contribution in [0.25, 0.3) is 0 Å². The zero-order chi connectivity index (χ0) is 26.6. The van der Waals surface area contributed by atoms with E-state index in [-0.39, 0.29) is 16.0 Å². The molecule has 3 aromatic rings. The highest BCUT2D eigenvalue weighted by Gasteiger charge is 2.20. The Hall–Kier alpha value is -2.41. The van der Waals surface area contributed by atoms with Gasteiger partial charge in [0.15, 0.2) is 5.82 Å². The van der Waals surface area contributed by atoms with Gasteiger partial charge in [0.05, 0.1) is 46.0 Å². The van der Waals surface area contributed by atoms with Crippen LogP contribution < -0.4 is 24.6 Å². The van der Waals surface area contributed by atoms with Crippen molar-refractivity contribution in [3.63, 3.8) is 0 Å². The molecule has 12 heteroatoms. The number of hydrogen-bond donors (Lipinski definition) is 2. The van der Waals surface area contributed by atoms with E-state index < -0.39 is 8.15 Å². The van der Waals surface area contributed by atoms with Crippen LogP contribution in [0.15, 0.2) is 36.5 Å². The summed E-state index contributed by atoms with van der Waals surface area (Å²) in [6.45, 7) is 7.32. The van der Waals surface area contributed by atoms with Gasteiger partial charge in [0.25, 0.3) is 0 Å². The summed E-state index contributed by atoms with van der Waals surface area (Å²) in [6.07, 6.45) is 3.50. The quantitative estimate of drug-likeness (QED) is 0.296. The lowest BCUT2D eigenvalue weighted by atomic mass is 9.99. The summed E-state index contributed by atoms with van der Waals surface area (Å²) in [5.74, 6) is 3.01. The highest BCUT2D eigenvalue weighted by Crippen LogP contribution is 2.40. The van der Waals surface area contributed by atoms with E-state index in [0.717, 1.165) is 55.4 Å². The van der Waals surface area contributed by atoms with Gasteiger partial charge >= 0.3 is 0 Å². The minimum atomic E-state index is -0.672. The van der Waals surface area contributed by atoms with Gasteiger partial charge in [-0.15, -0.1) is 0 Å². The molecule has 1 aromatic heterocycles. The van der Waals surface area contributed by atoms with Crippen LogP contribution in [-0.2, 0) is 17.7 Å². The first-order valence-electron chi connectivity index (χ1n) is 12.6. The summed E-state index contributed by atoms with van der Waals surface area (Å²) in [7, 11) is 3.12. The molecule has 2 N–H and O–H groups in total. The van der Waals surface area contributed by atoms with Crippen molar-refractivity contribution in [3.05, 3.63) is 52.7 Å². The van der Waals surface area contributed by atoms with E-state index in [1.807, 2.05) is 31.5 Å². The van der Waals surface area contributed by atoms with Crippen molar-refractivity contribution >= 4 is 52.8 Å². The Bertz CT molecular complexity index is 1290. The largest absolute Gasteiger partial charge is 0.495 e. The number of methoxy groups -OCH3 is 1. The van der Waals surface area contributed by atoms with Crippen molar-refractivity contribution in [2.75, 3.05) is 57.9 Å². The van der Waals surface area contributed by atoms with Crippen molar-refractivity contribution in [1.29, 1.82) is 0 Å². The summed E-state index contributed by atoms with van der Waals surface area (Å²) in [5, 5.41) is 7.02. The number of rotatable bonds is 9. The molecule has 2 aliphatic heterocycles. The maximum atomic E-state index is 6.50. The van der Waals surface area contributed by atoms with Gasteiger partial charge in [0, 0.05) is 25.6 Å². The molecule has 1 fully saturated rings. The molecule has 2 atom stereocenters. The fraction of sp³-hybridized carbons (Fsp3) is 0.407. The molecule has 9 nitrogen and oxygen atoms in total. The fourth-order valence-electron chi connectivity index (χ4n) is 4.51. The standard InChI is InChI=1S/C27H33ClN5O4P.H3P/c1-33-9-7-17-12-24(34-2)23(11-18(17)15-33)31-27-29-14-21(28)26(32-27)30-22-6-5-19(13-25(22)37-38(3)4)36-20-8-10-35-16-20;/h5-6,11-14,20H,7-10,15-16H2,1-4H3,(H2,29,30,31,32);1H3/t20-;/m1./s1. The minimum Gasteiger partial charge on any atom is -0.495 e. The van der Waals surface area contributed by atoms with Crippen molar-refractivity contribution in [2.24, 2.45) is 0 Å². The van der Waals surface area contributed by atoms with Crippen LogP contribution in [0.5, 0.6) is 17.2 Å². The third-order valence-electron chi connectivity index (χ3n) is 6.39. The van der Waals surface area contributed by atoms with Gasteiger partial charge in [-0.1, -0.05) is 11.6 Å². The van der Waals surface area contributed by atoms with Gasteiger partial charge in [-0.05, 0) is 62.2 Å². The minimum absolute atomic E-state index is 0. The summed E-state index contributed by atoms with van der Waals surface area (Å²) < 4.78 is 23.3. The second-order valence-corrected chi connectivity index (χ2v) is 11.8. The smallest absolute Gasteiger partial charge is 0.229 e. The Balaban J connectivity index is 0.00000353. The third-order valence-corrected chi connectivity index (χ3v) is 7.23. The Morgan fingerprint density at radius 2 is 1.95 bits per heavy atom. The lowest BCUT2D eigenvalue weighted by Gasteiger charge is -2.26. The second-order valence-electron chi connectivity index (χ2n) is 9.61. The number of hydrogen-bond acceptors (Lipinski definition) is 9. The molecule has 0 spiro atoms. The molecule has 0 radical (unpaired) electrons. The molecular weight excluding hydrogens is 556 g/mol. The monoisotopic (exact) mass is 591 g/mol. The number of benzene rings is 2. The second kappa shape index (κ2) is 13.3. The van der Waals surface area contributed by atoms with Crippen molar-refractivity contribution < 1.29 is 18.7 Å². The highest BCUT2D eigenvalue weighted by molar-refractivity contribution is 7.51. The van der Waals surface area contributed by atoms with Gasteiger partial charge in [-0.3, -0.25) is 0 Å². The number of anilines is 4. The topological polar surface area (TPSA) is 90.0 Å². The SMILES string of the molecule is COc1cc2c(cc1Nc1ncc(Cl)c(Nc3ccc(O[C@@H]4CCOC4)cc3OP(C)C)n1)CN(C)CC2.P. The van der Waals surface area contributed by atoms with Gasteiger partial charge in [-0.25, -0.2) is 4.98 Å². The van der Waals surface area contributed by atoms with Gasteiger partial charge in [0.2, 0.25) is 5.95 Å². The maximum absolute atomic E-state index is 6.50. The first-order valence-corrected chi connectivity index (χ1v) is 15.1. The molecule has 0 aliphatic carbocycles. The molecule has 1 saturated heterocycles. The van der Waals surface area contributed by atoms with E-state index in [9.17, 15) is 0 Å². The lowest BCUT2D eigenvalue weighted by Crippen LogP contribution is -2.26. The predicted molar refractivity (Wildman–Crippen MR) is 163 cm³/mol. The summed E-state index contributed by atoms with van der Waals surface area (Å²) in [4.78, 5) is 11.4. The lowest BCUT2D eigenvalue weighted by molar-refractivity contribution is 0.141. The van der Waals surface area contributed by atoms with Crippen LogP contribution >= 0.6 is 29.6 Å². The highest BCUT2D eigenvalue weighted by atomic mass is 35.5. The van der Waals surface area contributed by atoms with E-state index in [4.69, 9.17) is 30.3 Å². The first kappa shape index (κ1) is 29.6. The molecule has 0 bridgehead atoms. The number of nitrogens with zero attached hydrogens (tertiary/aromatic N) is 3. The zero-order valence-corrected chi connectivity index (χ0v) is 25.9. The molecule has 210 valence electrons. The Morgan fingerprint density at radius 3 is 2.69 bits per heavy atom. The van der Waals surface area contributed by atoms with Gasteiger partial charge in [0.1, 0.15) is 28.4 Å². The van der Waals surface area contributed by atoms with E-state index in [1.165, 1.54) is 11.1 Å². The molecule has 0 saturated carbocycles. The van der Waals surface area contributed by atoms with Crippen molar-refractivity contribution in [3.8, 4) is 17.2 Å². The maximum Gasteiger partial charge on any atom is 0.229 e. The number of ether oxygens (including phenoxy) is 3. The molecule has 39 heavy (non-hydrogen) atoms. The zero-order valence-electron chi connectivity index (χ0n) is 22.8. The Labute approximate surface area is 239 Å². The number of aromatic nitrogens is 2. The molecule has 2 aliphatic rings. The molecule has 1 unspecified atom stereocenters. The van der Waals surface area contributed by atoms with Gasteiger partial charge < -0.3 is 34.3 Å². The number of likely N-dealkylation sites (N-methyl/N-ethyl adjacent to an activating group) is 1. The van der Waals surface area contributed by atoms with Crippen LogP contribution in [0.3, 0.4) is 0 Å². The molecular formula is C27H36ClN5O4P2. The Morgan fingerprint density at radius 1 is 1.10 bits per heavy atom. The summed E-state index contributed by atoms with van der Waals surface area (Å²) >= 11 is 6.50. The van der Waals surface area contributed by atoms with E-state index in [2.05, 4.69) is 44.7 Å². The van der Waals surface area contributed by atoms with Crippen LogP contribution in [0.1, 0.15) is 17.5 Å². The average Bonchev–Trinajstić information content (AvgIpc) is 3.40. The first-order chi connectivity index (χ1) is 18.4. The molecule has 0 amide bonds. The van der Waals surface area contributed by atoms with Crippen molar-refractivity contribution in [2.45, 2.75) is 25.5 Å². The van der Waals surface area contributed by atoms with Crippen LogP contribution in [0.4, 0.5) is 23.1 Å². The average molecular weight is 592 g/mol. The van der Waals surface area contributed by atoms with E-state index >= 15 is 0 Å². The normalized spacial score (nSPS) is 16.8. The van der Waals surface area contributed by atoms with Crippen LogP contribution in [0.2, 0.25) is 5.02 Å². The molecule has 3 heterocycles. The van der Waals surface area contributed by atoms with Crippen molar-refractivity contribution in [1.82, 2.24) is 14.9 Å². The summed E-state index contributed by atoms with van der Waals surface area (Å²) in [5.41, 5.74) is 4.10. The third kappa shape index (κ3) is 7.41. The van der Waals surface area contributed by atoms with E-state index in [0.29, 0.717) is 29.1 Å². The predicted octanol–water partition coefficient (Wildman–Crippen LogP) is 5.87. The van der Waals surface area contributed by atoms with Gasteiger partial charge in [-0.2, -0.15) is 14.9 Å². The Kier molecular flexibility index (Phi) is 10.1. The number of halogens is 1. The summed E-state index contributed by atoms with van der Waals surface area (Å²) in [6, 6.07) is 9.92. The number of nitrogens with one attached hydrogen (secondary N) is 2. The number of fused-ring (bicyclic) bond motifs is 1. The van der Waals surface area contributed by atoms with Crippen LogP contribution in [-0.4, -0.2) is 68.2 Å². The van der Waals surface area contributed by atoms with Crippen LogP contribution in [0, 0.1) is 0 Å². The fourth-order valence-corrected chi connectivity index (χ4v) is 5.19. The molecule has 2 aromatic carbocycles.